The summed E-state index contributed by atoms with van der Waals surface area (Å²) in [6.45, 7) is 0. The Bertz CT molecular complexity index is 1300. The molecule has 0 unspecified atom stereocenters. The third kappa shape index (κ3) is 3.85. The number of fused-ring (bicyclic) bond motifs is 1. The zero-order valence-corrected chi connectivity index (χ0v) is 16.4. The normalized spacial score (nSPS) is 11.6. The Morgan fingerprint density at radius 3 is 2.39 bits per heavy atom. The zero-order valence-electron chi connectivity index (χ0n) is 14.8. The number of rotatable bonds is 5. The van der Waals surface area contributed by atoms with Crippen LogP contribution in [0.15, 0.2) is 82.6 Å². The highest BCUT2D eigenvalue weighted by molar-refractivity contribution is 7.91. The van der Waals surface area contributed by atoms with E-state index in [2.05, 4.69) is 9.97 Å². The van der Waals surface area contributed by atoms with E-state index in [0.29, 0.717) is 22.5 Å². The molecule has 0 aliphatic heterocycles. The Morgan fingerprint density at radius 2 is 1.57 bits per heavy atom. The summed E-state index contributed by atoms with van der Waals surface area (Å²) in [5.74, 6) is -0.0329. The van der Waals surface area contributed by atoms with Gasteiger partial charge in [-0.2, -0.15) is 4.98 Å². The van der Waals surface area contributed by atoms with Crippen LogP contribution >= 0.6 is 11.3 Å². The smallest absolute Gasteiger partial charge is 0.267 e. The molecule has 4 aromatic rings. The van der Waals surface area contributed by atoms with Crippen molar-refractivity contribution in [3.63, 3.8) is 0 Å². The first kappa shape index (κ1) is 18.5. The van der Waals surface area contributed by atoms with Crippen LogP contribution < -0.4 is 5.56 Å². The molecule has 0 atom stereocenters. The molecule has 0 N–H and O–H groups in total. The maximum Gasteiger partial charge on any atom is 0.279 e. The molecule has 2 aromatic carbocycles. The molecule has 0 amide bonds. The van der Waals surface area contributed by atoms with Crippen molar-refractivity contribution in [1.29, 1.82) is 0 Å². The van der Waals surface area contributed by atoms with Crippen molar-refractivity contribution in [2.24, 2.45) is 0 Å². The highest BCUT2D eigenvalue weighted by Gasteiger charge is 2.18. The lowest BCUT2D eigenvalue weighted by Gasteiger charge is -2.06. The molecule has 0 saturated heterocycles. The van der Waals surface area contributed by atoms with E-state index >= 15 is 0 Å². The van der Waals surface area contributed by atoms with E-state index in [1.807, 2.05) is 42.5 Å². The Labute approximate surface area is 166 Å². The number of benzene rings is 2. The second-order valence-electron chi connectivity index (χ2n) is 6.24. The van der Waals surface area contributed by atoms with Gasteiger partial charge in [0.15, 0.2) is 14.9 Å². The molecule has 7 heteroatoms. The number of hydrogen-bond donors (Lipinski definition) is 0. The predicted octanol–water partition coefficient (Wildman–Crippen LogP) is 3.73. The quantitative estimate of drug-likeness (QED) is 0.503. The number of aromatic nitrogens is 2. The summed E-state index contributed by atoms with van der Waals surface area (Å²) in [7, 11) is -3.55. The fourth-order valence-electron chi connectivity index (χ4n) is 2.83. The first-order chi connectivity index (χ1) is 13.5. The van der Waals surface area contributed by atoms with E-state index in [0.717, 1.165) is 10.3 Å². The van der Waals surface area contributed by atoms with E-state index < -0.39 is 9.84 Å². The van der Waals surface area contributed by atoms with Gasteiger partial charge in [-0.25, -0.2) is 13.4 Å². The van der Waals surface area contributed by atoms with Crippen LogP contribution in [0.25, 0.3) is 20.8 Å². The zero-order chi connectivity index (χ0) is 19.6. The molecule has 0 spiro atoms. The summed E-state index contributed by atoms with van der Waals surface area (Å²) in [5, 5.41) is 0.947. The Hall–Kier alpha value is -2.90. The topological polar surface area (TPSA) is 77.0 Å². The van der Waals surface area contributed by atoms with Gasteiger partial charge in [0.05, 0.1) is 11.1 Å². The predicted molar refractivity (Wildman–Crippen MR) is 111 cm³/mol. The van der Waals surface area contributed by atoms with E-state index in [1.165, 1.54) is 17.4 Å². The molecule has 2 aromatic heterocycles. The van der Waals surface area contributed by atoms with Crippen molar-refractivity contribution in [1.82, 2.24) is 9.97 Å². The molecule has 2 heterocycles. The van der Waals surface area contributed by atoms with Crippen molar-refractivity contribution in [2.75, 3.05) is 5.75 Å². The van der Waals surface area contributed by atoms with Gasteiger partial charge < -0.3 is 0 Å². The summed E-state index contributed by atoms with van der Waals surface area (Å²) in [4.78, 5) is 20.7. The van der Waals surface area contributed by atoms with Gasteiger partial charge >= 0.3 is 0 Å². The van der Waals surface area contributed by atoms with Gasteiger partial charge in [0.1, 0.15) is 10.7 Å². The highest BCUT2D eigenvalue weighted by Crippen LogP contribution is 2.25. The lowest BCUT2D eigenvalue weighted by Crippen LogP contribution is -2.12. The molecule has 5 nitrogen and oxygen atoms in total. The number of aryl methyl sites for hydroxylation is 1. The fraction of sp³-hybridized carbons (Fsp3) is 0.0952. The average Bonchev–Trinajstić information content (AvgIpc) is 2.73. The minimum atomic E-state index is -3.55. The standard InChI is InChI=1S/C21H16N2O3S2/c24-20-16-9-4-5-11-18(16)27-21(23-20)17-10-6-12-19(22-17)28(25,26)14-13-15-7-2-1-3-8-15/h1-12H,13-14H2. The molecule has 4 rings (SSSR count). The van der Waals surface area contributed by atoms with Crippen molar-refractivity contribution >= 4 is 31.3 Å². The maximum absolute atomic E-state index is 12.7. The maximum atomic E-state index is 12.7. The molecule has 0 radical (unpaired) electrons. The van der Waals surface area contributed by atoms with Crippen LogP contribution in [0.4, 0.5) is 0 Å². The van der Waals surface area contributed by atoms with Crippen molar-refractivity contribution in [2.45, 2.75) is 11.4 Å². The lowest BCUT2D eigenvalue weighted by atomic mass is 10.2. The first-order valence-electron chi connectivity index (χ1n) is 8.67. The van der Waals surface area contributed by atoms with Gasteiger partial charge in [-0.1, -0.05) is 48.5 Å². The van der Waals surface area contributed by atoms with Gasteiger partial charge in [0, 0.05) is 4.70 Å². The van der Waals surface area contributed by atoms with Crippen molar-refractivity contribution in [3.8, 4) is 10.7 Å². The minimum Gasteiger partial charge on any atom is -0.267 e. The van der Waals surface area contributed by atoms with Gasteiger partial charge in [0.25, 0.3) is 5.56 Å². The molecular weight excluding hydrogens is 392 g/mol. The van der Waals surface area contributed by atoms with Crippen LogP contribution in [-0.4, -0.2) is 24.1 Å². The second kappa shape index (κ2) is 7.61. The molecule has 140 valence electrons. The van der Waals surface area contributed by atoms with Crippen LogP contribution in [-0.2, 0) is 16.3 Å². The van der Waals surface area contributed by atoms with Gasteiger partial charge in [0.2, 0.25) is 0 Å². The molecule has 0 fully saturated rings. The third-order valence-corrected chi connectivity index (χ3v) is 6.97. The molecule has 0 aliphatic carbocycles. The van der Waals surface area contributed by atoms with Crippen LogP contribution in [0.5, 0.6) is 0 Å². The van der Waals surface area contributed by atoms with E-state index in [4.69, 9.17) is 0 Å². The third-order valence-electron chi connectivity index (χ3n) is 4.29. The van der Waals surface area contributed by atoms with Gasteiger partial charge in [-0.3, -0.25) is 4.79 Å². The Balaban J connectivity index is 1.67. The summed E-state index contributed by atoms with van der Waals surface area (Å²) in [6, 6.07) is 21.4. The van der Waals surface area contributed by atoms with E-state index in [1.54, 1.807) is 24.3 Å². The van der Waals surface area contributed by atoms with Crippen LogP contribution in [0.3, 0.4) is 0 Å². The van der Waals surface area contributed by atoms with Gasteiger partial charge in [-0.15, -0.1) is 11.3 Å². The summed E-state index contributed by atoms with van der Waals surface area (Å²) in [6.07, 6.45) is 0.413. The minimum absolute atomic E-state index is 0.00413. The number of sulfone groups is 1. The highest BCUT2D eigenvalue weighted by atomic mass is 32.2. The monoisotopic (exact) mass is 408 g/mol. The molecule has 28 heavy (non-hydrogen) atoms. The fourth-order valence-corrected chi connectivity index (χ4v) is 5.03. The van der Waals surface area contributed by atoms with Crippen LogP contribution in [0, 0.1) is 0 Å². The molecule has 0 bridgehead atoms. The summed E-state index contributed by atoms with van der Waals surface area (Å²) < 4.78 is 26.2. The van der Waals surface area contributed by atoms with Crippen LogP contribution in [0.2, 0.25) is 0 Å². The van der Waals surface area contributed by atoms with Crippen molar-refractivity contribution < 1.29 is 8.42 Å². The summed E-state index contributed by atoms with van der Waals surface area (Å²) >= 11 is 1.32. The molecular formula is C21H16N2O3S2. The lowest BCUT2D eigenvalue weighted by molar-refractivity contribution is 0.591. The molecule has 0 aliphatic rings. The largest absolute Gasteiger partial charge is 0.279 e. The van der Waals surface area contributed by atoms with Gasteiger partial charge in [-0.05, 0) is 36.2 Å². The number of hydrogen-bond acceptors (Lipinski definition) is 6. The second-order valence-corrected chi connectivity index (χ2v) is 9.32. The Kier molecular flexibility index (Phi) is 5.02. The van der Waals surface area contributed by atoms with Crippen molar-refractivity contribution in [3.05, 3.63) is 88.7 Å². The SMILES string of the molecule is O=c1nc(-c2cccc(S(=O)(=O)CCc3ccccc3)n2)sc2ccccc12. The van der Waals surface area contributed by atoms with E-state index in [9.17, 15) is 13.2 Å². The first-order valence-corrected chi connectivity index (χ1v) is 11.1. The Morgan fingerprint density at radius 1 is 0.821 bits per heavy atom. The average molecular weight is 409 g/mol. The van der Waals surface area contributed by atoms with E-state index in [-0.39, 0.29) is 16.3 Å². The molecule has 0 saturated carbocycles. The summed E-state index contributed by atoms with van der Waals surface area (Å²) in [5.41, 5.74) is 0.994. The van der Waals surface area contributed by atoms with Crippen LogP contribution in [0.1, 0.15) is 5.56 Å². The number of nitrogens with zero attached hydrogens (tertiary/aromatic N) is 2. The number of pyridine rings is 1.